The second-order valence-electron chi connectivity index (χ2n) is 3.20. The van der Waals surface area contributed by atoms with E-state index in [1.165, 1.54) is 18.9 Å². The van der Waals surface area contributed by atoms with E-state index in [0.717, 1.165) is 19.4 Å². The van der Waals surface area contributed by atoms with Gasteiger partial charge < -0.3 is 4.74 Å². The van der Waals surface area contributed by atoms with Gasteiger partial charge in [0.05, 0.1) is 6.10 Å². The van der Waals surface area contributed by atoms with Crippen molar-refractivity contribution in [1.29, 1.82) is 0 Å². The minimum absolute atomic E-state index is 0.146. The van der Waals surface area contributed by atoms with Gasteiger partial charge in [-0.2, -0.15) is 0 Å². The maximum absolute atomic E-state index is 10.8. The van der Waals surface area contributed by atoms with Crippen LogP contribution in [0, 0.1) is 0 Å². The summed E-state index contributed by atoms with van der Waals surface area (Å²) < 4.78 is 5.43. The van der Waals surface area contributed by atoms with Crippen molar-refractivity contribution in [2.75, 3.05) is 6.61 Å². The van der Waals surface area contributed by atoms with E-state index >= 15 is 0 Å². The lowest BCUT2D eigenvalue weighted by Crippen LogP contribution is -2.05. The molecule has 0 saturated carbocycles. The van der Waals surface area contributed by atoms with Crippen molar-refractivity contribution in [2.24, 2.45) is 0 Å². The number of allylic oxidation sites excluding steroid dienone is 1. The van der Waals surface area contributed by atoms with Gasteiger partial charge in [0.25, 0.3) is 0 Å². The summed E-state index contributed by atoms with van der Waals surface area (Å²) in [6, 6.07) is 0. The minimum Gasteiger partial charge on any atom is -0.378 e. The van der Waals surface area contributed by atoms with Crippen LogP contribution >= 0.6 is 0 Å². The average Bonchev–Trinajstić information content (AvgIpc) is 2.57. The van der Waals surface area contributed by atoms with Gasteiger partial charge in [-0.25, -0.2) is 0 Å². The lowest BCUT2D eigenvalue weighted by molar-refractivity contribution is -0.114. The Morgan fingerprint density at radius 3 is 3.08 bits per heavy atom. The van der Waals surface area contributed by atoms with Crippen LogP contribution in [-0.4, -0.2) is 18.5 Å². The summed E-state index contributed by atoms with van der Waals surface area (Å²) in [4.78, 5) is 10.8. The number of carbonyl (C=O) groups excluding carboxylic acids is 1. The number of ketones is 1. The molecule has 1 fully saturated rings. The van der Waals surface area contributed by atoms with Crippen LogP contribution in [0.25, 0.3) is 0 Å². The molecule has 0 amide bonds. The highest BCUT2D eigenvalue weighted by molar-refractivity contribution is 5.88. The third kappa shape index (κ3) is 3.18. The first kappa shape index (κ1) is 9.46. The summed E-state index contributed by atoms with van der Waals surface area (Å²) in [5.74, 6) is 0.146. The molecule has 2 heteroatoms. The summed E-state index contributed by atoms with van der Waals surface area (Å²) in [7, 11) is 0. The highest BCUT2D eigenvalue weighted by Gasteiger charge is 2.14. The highest BCUT2D eigenvalue weighted by Crippen LogP contribution is 2.17. The standard InChI is InChI=1S/C10H16O2/c1-2-9(11)5-3-6-10-7-4-8-12-10/h2,10H,1,3-8H2. The lowest BCUT2D eigenvalue weighted by Gasteiger charge is -2.06. The van der Waals surface area contributed by atoms with Crippen LogP contribution in [0.4, 0.5) is 0 Å². The van der Waals surface area contributed by atoms with Gasteiger partial charge >= 0.3 is 0 Å². The molecule has 1 saturated heterocycles. The van der Waals surface area contributed by atoms with Crippen LogP contribution in [0.15, 0.2) is 12.7 Å². The van der Waals surface area contributed by atoms with Gasteiger partial charge in [-0.3, -0.25) is 4.79 Å². The number of rotatable bonds is 5. The Balaban J connectivity index is 2.01. The monoisotopic (exact) mass is 168 g/mol. The van der Waals surface area contributed by atoms with Crippen molar-refractivity contribution in [3.05, 3.63) is 12.7 Å². The molecule has 0 N–H and O–H groups in total. The first-order valence-electron chi connectivity index (χ1n) is 4.60. The first-order chi connectivity index (χ1) is 5.83. The molecule has 0 aromatic heterocycles. The molecule has 68 valence electrons. The largest absolute Gasteiger partial charge is 0.378 e. The van der Waals surface area contributed by atoms with Crippen LogP contribution in [0.1, 0.15) is 32.1 Å². The van der Waals surface area contributed by atoms with Crippen LogP contribution in [0.5, 0.6) is 0 Å². The second kappa shape index (κ2) is 5.09. The molecule has 1 rings (SSSR count). The molecule has 0 aromatic rings. The summed E-state index contributed by atoms with van der Waals surface area (Å²) in [5, 5.41) is 0. The predicted octanol–water partition coefficient (Wildman–Crippen LogP) is 2.09. The average molecular weight is 168 g/mol. The SMILES string of the molecule is C=CC(=O)CCCC1CCCO1. The van der Waals surface area contributed by atoms with Crippen LogP contribution < -0.4 is 0 Å². The number of ether oxygens (including phenoxy) is 1. The molecular weight excluding hydrogens is 152 g/mol. The number of hydrogen-bond acceptors (Lipinski definition) is 2. The van der Waals surface area contributed by atoms with Gasteiger partial charge in [0.1, 0.15) is 0 Å². The lowest BCUT2D eigenvalue weighted by atomic mass is 10.1. The molecule has 2 nitrogen and oxygen atoms in total. The van der Waals surface area contributed by atoms with Crippen molar-refractivity contribution in [3.63, 3.8) is 0 Å². The van der Waals surface area contributed by atoms with E-state index < -0.39 is 0 Å². The fourth-order valence-electron chi connectivity index (χ4n) is 1.48. The molecule has 1 unspecified atom stereocenters. The quantitative estimate of drug-likeness (QED) is 0.587. The normalized spacial score (nSPS) is 22.5. The van der Waals surface area contributed by atoms with E-state index in [-0.39, 0.29) is 5.78 Å². The summed E-state index contributed by atoms with van der Waals surface area (Å²) >= 11 is 0. The maximum atomic E-state index is 10.8. The van der Waals surface area contributed by atoms with E-state index in [2.05, 4.69) is 6.58 Å². The Morgan fingerprint density at radius 2 is 2.50 bits per heavy atom. The van der Waals surface area contributed by atoms with E-state index in [9.17, 15) is 4.79 Å². The van der Waals surface area contributed by atoms with Gasteiger partial charge in [-0.05, 0) is 31.8 Å². The first-order valence-corrected chi connectivity index (χ1v) is 4.60. The van der Waals surface area contributed by atoms with Crippen LogP contribution in [-0.2, 0) is 9.53 Å². The Morgan fingerprint density at radius 1 is 1.67 bits per heavy atom. The van der Waals surface area contributed by atoms with Gasteiger partial charge in [0.2, 0.25) is 0 Å². The molecule has 1 atom stereocenters. The Labute approximate surface area is 73.6 Å². The van der Waals surface area contributed by atoms with Crippen molar-refractivity contribution in [1.82, 2.24) is 0 Å². The Bertz CT molecular complexity index is 157. The molecule has 1 aliphatic heterocycles. The number of carbonyl (C=O) groups is 1. The minimum atomic E-state index is 0.146. The maximum Gasteiger partial charge on any atom is 0.155 e. The van der Waals surface area contributed by atoms with E-state index in [1.54, 1.807) is 0 Å². The summed E-state index contributed by atoms with van der Waals surface area (Å²) in [5.41, 5.74) is 0. The van der Waals surface area contributed by atoms with Crippen molar-refractivity contribution < 1.29 is 9.53 Å². The van der Waals surface area contributed by atoms with E-state index in [4.69, 9.17) is 4.74 Å². The zero-order valence-corrected chi connectivity index (χ0v) is 7.42. The fourth-order valence-corrected chi connectivity index (χ4v) is 1.48. The molecule has 0 bridgehead atoms. The smallest absolute Gasteiger partial charge is 0.155 e. The molecular formula is C10H16O2. The third-order valence-corrected chi connectivity index (χ3v) is 2.20. The fraction of sp³-hybridized carbons (Fsp3) is 0.700. The highest BCUT2D eigenvalue weighted by atomic mass is 16.5. The van der Waals surface area contributed by atoms with Crippen LogP contribution in [0.3, 0.4) is 0 Å². The third-order valence-electron chi connectivity index (χ3n) is 2.20. The van der Waals surface area contributed by atoms with Crippen molar-refractivity contribution in [3.8, 4) is 0 Å². The van der Waals surface area contributed by atoms with Gasteiger partial charge in [0, 0.05) is 13.0 Å². The molecule has 1 aliphatic rings. The van der Waals surface area contributed by atoms with Crippen molar-refractivity contribution >= 4 is 5.78 Å². The topological polar surface area (TPSA) is 26.3 Å². The Kier molecular flexibility index (Phi) is 4.01. The zero-order chi connectivity index (χ0) is 8.81. The van der Waals surface area contributed by atoms with Gasteiger partial charge in [-0.15, -0.1) is 0 Å². The summed E-state index contributed by atoms with van der Waals surface area (Å²) in [6.07, 6.45) is 6.76. The number of hydrogen-bond donors (Lipinski definition) is 0. The van der Waals surface area contributed by atoms with Gasteiger partial charge in [-0.1, -0.05) is 6.58 Å². The van der Waals surface area contributed by atoms with E-state index in [0.29, 0.717) is 12.5 Å². The second-order valence-corrected chi connectivity index (χ2v) is 3.20. The van der Waals surface area contributed by atoms with Crippen molar-refractivity contribution in [2.45, 2.75) is 38.2 Å². The van der Waals surface area contributed by atoms with Crippen LogP contribution in [0.2, 0.25) is 0 Å². The predicted molar refractivity (Wildman–Crippen MR) is 48.0 cm³/mol. The van der Waals surface area contributed by atoms with E-state index in [1.807, 2.05) is 0 Å². The molecule has 0 aliphatic carbocycles. The molecule has 0 spiro atoms. The summed E-state index contributed by atoms with van der Waals surface area (Å²) in [6.45, 7) is 4.33. The van der Waals surface area contributed by atoms with Gasteiger partial charge in [0.15, 0.2) is 5.78 Å². The molecule has 1 heterocycles. The molecule has 0 radical (unpaired) electrons. The Hall–Kier alpha value is -0.630. The zero-order valence-electron chi connectivity index (χ0n) is 7.42. The molecule has 12 heavy (non-hydrogen) atoms. The molecule has 0 aromatic carbocycles.